The fourth-order valence-electron chi connectivity index (χ4n) is 2.05. The summed E-state index contributed by atoms with van der Waals surface area (Å²) in [6, 6.07) is 8.79. The van der Waals surface area contributed by atoms with Crippen LogP contribution in [-0.4, -0.2) is 19.6 Å². The van der Waals surface area contributed by atoms with Gasteiger partial charge in [-0.15, -0.1) is 11.6 Å². The van der Waals surface area contributed by atoms with E-state index >= 15 is 0 Å². The number of rotatable bonds is 7. The molecule has 0 saturated heterocycles. The van der Waals surface area contributed by atoms with Crippen molar-refractivity contribution in [3.8, 4) is 11.5 Å². The molecular formula is C17H20ClNO4. The Labute approximate surface area is 140 Å². The Bertz CT molecular complexity index is 666. The number of hydrogen-bond donors (Lipinski definition) is 1. The van der Waals surface area contributed by atoms with Gasteiger partial charge in [0.25, 0.3) is 5.91 Å². The van der Waals surface area contributed by atoms with Crippen LogP contribution in [0.4, 0.5) is 0 Å². The number of carbonyl (C=O) groups is 1. The van der Waals surface area contributed by atoms with Gasteiger partial charge in [-0.2, -0.15) is 0 Å². The van der Waals surface area contributed by atoms with Crippen molar-refractivity contribution in [2.75, 3.05) is 13.7 Å². The quantitative estimate of drug-likeness (QED) is 0.778. The lowest BCUT2D eigenvalue weighted by atomic mass is 10.2. The van der Waals surface area contributed by atoms with E-state index < -0.39 is 0 Å². The Morgan fingerprint density at radius 2 is 2.13 bits per heavy atom. The average Bonchev–Trinajstić information content (AvgIpc) is 3.04. The maximum atomic E-state index is 12.1. The number of halogens is 1. The molecule has 0 aliphatic heterocycles. The van der Waals surface area contributed by atoms with Gasteiger partial charge in [0.1, 0.15) is 17.3 Å². The number of hydrogen-bond acceptors (Lipinski definition) is 4. The molecule has 23 heavy (non-hydrogen) atoms. The van der Waals surface area contributed by atoms with Crippen LogP contribution >= 0.6 is 11.6 Å². The smallest absolute Gasteiger partial charge is 0.287 e. The highest BCUT2D eigenvalue weighted by molar-refractivity contribution is 6.20. The minimum absolute atomic E-state index is 0.235. The third-order valence-corrected chi connectivity index (χ3v) is 3.47. The summed E-state index contributed by atoms with van der Waals surface area (Å²) < 4.78 is 16.2. The Morgan fingerprint density at radius 3 is 2.74 bits per heavy atom. The van der Waals surface area contributed by atoms with Crippen molar-refractivity contribution in [2.24, 2.45) is 0 Å². The lowest BCUT2D eigenvalue weighted by Gasteiger charge is -2.12. The fourth-order valence-corrected chi connectivity index (χ4v) is 2.17. The largest absolute Gasteiger partial charge is 0.497 e. The predicted octanol–water partition coefficient (Wildman–Crippen LogP) is 3.92. The standard InChI is InChI=1S/C17H20ClNO4/c1-4-22-16-9-13(21-3)6-5-12(16)10-19-17(20)15-8-7-14(23-15)11(2)18/h5-9,11H,4,10H2,1-3H3,(H,19,20). The number of ether oxygens (including phenoxy) is 2. The van der Waals surface area contributed by atoms with E-state index in [-0.39, 0.29) is 17.0 Å². The first kappa shape index (κ1) is 17.2. The van der Waals surface area contributed by atoms with Crippen molar-refractivity contribution < 1.29 is 18.7 Å². The van der Waals surface area contributed by atoms with Gasteiger partial charge in [-0.1, -0.05) is 0 Å². The molecule has 1 aromatic heterocycles. The molecule has 0 saturated carbocycles. The molecule has 0 aliphatic carbocycles. The molecule has 1 amide bonds. The maximum Gasteiger partial charge on any atom is 0.287 e. The monoisotopic (exact) mass is 337 g/mol. The topological polar surface area (TPSA) is 60.7 Å². The zero-order valence-corrected chi connectivity index (χ0v) is 14.1. The van der Waals surface area contributed by atoms with E-state index in [1.54, 1.807) is 32.2 Å². The van der Waals surface area contributed by atoms with Crippen molar-refractivity contribution in [2.45, 2.75) is 25.8 Å². The van der Waals surface area contributed by atoms with E-state index in [4.69, 9.17) is 25.5 Å². The lowest BCUT2D eigenvalue weighted by Crippen LogP contribution is -2.22. The Balaban J connectivity index is 2.05. The summed E-state index contributed by atoms with van der Waals surface area (Å²) in [6.07, 6.45) is 0. The molecule has 0 aliphatic rings. The molecule has 1 aromatic carbocycles. The Kier molecular flexibility index (Phi) is 5.93. The van der Waals surface area contributed by atoms with Crippen LogP contribution in [0.15, 0.2) is 34.7 Å². The highest BCUT2D eigenvalue weighted by Crippen LogP contribution is 2.25. The van der Waals surface area contributed by atoms with Crippen LogP contribution in [0, 0.1) is 0 Å². The number of alkyl halides is 1. The average molecular weight is 338 g/mol. The molecule has 0 spiro atoms. The molecule has 2 aromatic rings. The molecule has 5 nitrogen and oxygen atoms in total. The van der Waals surface area contributed by atoms with E-state index in [9.17, 15) is 4.79 Å². The summed E-state index contributed by atoms with van der Waals surface area (Å²) in [6.45, 7) is 4.54. The Morgan fingerprint density at radius 1 is 1.35 bits per heavy atom. The summed E-state index contributed by atoms with van der Waals surface area (Å²) in [5.41, 5.74) is 0.860. The van der Waals surface area contributed by atoms with Crippen molar-refractivity contribution in [3.63, 3.8) is 0 Å². The zero-order valence-electron chi connectivity index (χ0n) is 13.4. The number of methoxy groups -OCH3 is 1. The summed E-state index contributed by atoms with van der Waals surface area (Å²) in [7, 11) is 1.60. The molecule has 0 bridgehead atoms. The van der Waals surface area contributed by atoms with Crippen LogP contribution in [0.1, 0.15) is 41.1 Å². The van der Waals surface area contributed by atoms with Gasteiger partial charge in [-0.25, -0.2) is 0 Å². The minimum Gasteiger partial charge on any atom is -0.497 e. The molecule has 6 heteroatoms. The minimum atomic E-state index is -0.299. The van der Waals surface area contributed by atoms with Gasteiger partial charge in [0.2, 0.25) is 0 Å². The third-order valence-electron chi connectivity index (χ3n) is 3.26. The molecule has 0 radical (unpaired) electrons. The lowest BCUT2D eigenvalue weighted by molar-refractivity contribution is 0.0921. The van der Waals surface area contributed by atoms with Crippen LogP contribution in [0.25, 0.3) is 0 Å². The molecule has 1 N–H and O–H groups in total. The van der Waals surface area contributed by atoms with Crippen LogP contribution in [0.5, 0.6) is 11.5 Å². The van der Waals surface area contributed by atoms with Crippen molar-refractivity contribution >= 4 is 17.5 Å². The second kappa shape index (κ2) is 7.92. The molecule has 1 unspecified atom stereocenters. The summed E-state index contributed by atoms with van der Waals surface area (Å²) in [5, 5.41) is 2.53. The third kappa shape index (κ3) is 4.42. The zero-order chi connectivity index (χ0) is 16.8. The van der Waals surface area contributed by atoms with Crippen LogP contribution in [-0.2, 0) is 6.54 Å². The number of benzene rings is 1. The van der Waals surface area contributed by atoms with Gasteiger partial charge in [0.05, 0.1) is 19.1 Å². The number of carbonyl (C=O) groups excluding carboxylic acids is 1. The van der Waals surface area contributed by atoms with Gasteiger partial charge >= 0.3 is 0 Å². The summed E-state index contributed by atoms with van der Waals surface area (Å²) in [4.78, 5) is 12.1. The van der Waals surface area contributed by atoms with Gasteiger partial charge in [-0.05, 0) is 38.1 Å². The van der Waals surface area contributed by atoms with Crippen molar-refractivity contribution in [1.29, 1.82) is 0 Å². The van der Waals surface area contributed by atoms with E-state index in [1.807, 2.05) is 19.1 Å². The highest BCUT2D eigenvalue weighted by atomic mass is 35.5. The number of furan rings is 1. The summed E-state index contributed by atoms with van der Waals surface area (Å²) >= 11 is 5.92. The summed E-state index contributed by atoms with van der Waals surface area (Å²) in [5.74, 6) is 1.89. The molecule has 0 fully saturated rings. The van der Waals surface area contributed by atoms with E-state index in [0.717, 1.165) is 5.56 Å². The van der Waals surface area contributed by atoms with Crippen molar-refractivity contribution in [3.05, 3.63) is 47.4 Å². The normalized spacial score (nSPS) is 11.8. The number of amides is 1. The van der Waals surface area contributed by atoms with E-state index in [2.05, 4.69) is 5.32 Å². The second-order valence-electron chi connectivity index (χ2n) is 4.91. The van der Waals surface area contributed by atoms with E-state index in [1.165, 1.54) is 0 Å². The first-order valence-electron chi connectivity index (χ1n) is 7.36. The molecule has 1 heterocycles. The van der Waals surface area contributed by atoms with Crippen LogP contribution in [0.3, 0.4) is 0 Å². The highest BCUT2D eigenvalue weighted by Gasteiger charge is 2.14. The molecular weight excluding hydrogens is 318 g/mol. The maximum absolute atomic E-state index is 12.1. The van der Waals surface area contributed by atoms with Gasteiger partial charge in [-0.3, -0.25) is 4.79 Å². The van der Waals surface area contributed by atoms with Gasteiger partial charge in [0, 0.05) is 18.2 Å². The van der Waals surface area contributed by atoms with Gasteiger partial charge < -0.3 is 19.2 Å². The molecule has 124 valence electrons. The van der Waals surface area contributed by atoms with Crippen LogP contribution < -0.4 is 14.8 Å². The SMILES string of the molecule is CCOc1cc(OC)ccc1CNC(=O)c1ccc(C(C)Cl)o1. The first-order chi connectivity index (χ1) is 11.0. The van der Waals surface area contributed by atoms with E-state index in [0.29, 0.717) is 30.4 Å². The van der Waals surface area contributed by atoms with Gasteiger partial charge in [0.15, 0.2) is 5.76 Å². The predicted molar refractivity (Wildman–Crippen MR) is 88.3 cm³/mol. The fraction of sp³-hybridized carbons (Fsp3) is 0.353. The second-order valence-corrected chi connectivity index (χ2v) is 5.56. The molecule has 1 atom stereocenters. The van der Waals surface area contributed by atoms with Crippen LogP contribution in [0.2, 0.25) is 0 Å². The first-order valence-corrected chi connectivity index (χ1v) is 7.80. The van der Waals surface area contributed by atoms with Crippen molar-refractivity contribution in [1.82, 2.24) is 5.32 Å². The Hall–Kier alpha value is -2.14. The number of nitrogens with one attached hydrogen (secondary N) is 1. The molecule has 2 rings (SSSR count).